The highest BCUT2D eigenvalue weighted by atomic mass is 16.5. The first-order valence-corrected chi connectivity index (χ1v) is 9.32. The Morgan fingerprint density at radius 2 is 2.23 bits per heavy atom. The first kappa shape index (κ1) is 17.0. The van der Waals surface area contributed by atoms with Crippen molar-refractivity contribution in [3.05, 3.63) is 52.7 Å². The van der Waals surface area contributed by atoms with E-state index in [0.29, 0.717) is 12.5 Å². The van der Waals surface area contributed by atoms with Crippen LogP contribution in [-0.2, 0) is 19.5 Å². The highest BCUT2D eigenvalue weighted by molar-refractivity contribution is 5.34. The number of H-pyrrole nitrogens is 1. The Hall–Kier alpha value is -2.41. The number of fused-ring (bicyclic) bond motifs is 1. The van der Waals surface area contributed by atoms with Gasteiger partial charge in [-0.1, -0.05) is 19.0 Å². The molecule has 3 aromatic rings. The number of nitrogens with zero attached hydrogens (tertiary/aromatic N) is 5. The molecule has 4 rings (SSSR count). The molecule has 138 valence electrons. The molecule has 3 aromatic heterocycles. The van der Waals surface area contributed by atoms with Crippen LogP contribution in [-0.4, -0.2) is 36.3 Å². The van der Waals surface area contributed by atoms with Crippen LogP contribution in [0.15, 0.2) is 23.1 Å². The van der Waals surface area contributed by atoms with E-state index in [4.69, 9.17) is 4.52 Å². The van der Waals surface area contributed by atoms with Gasteiger partial charge >= 0.3 is 0 Å². The molecule has 1 N–H and O–H groups in total. The van der Waals surface area contributed by atoms with Gasteiger partial charge in [-0.05, 0) is 19.8 Å². The minimum atomic E-state index is 0.0814. The summed E-state index contributed by atoms with van der Waals surface area (Å²) >= 11 is 0. The van der Waals surface area contributed by atoms with Gasteiger partial charge in [0, 0.05) is 43.0 Å². The van der Waals surface area contributed by atoms with Gasteiger partial charge < -0.3 is 9.51 Å². The Labute approximate surface area is 153 Å². The summed E-state index contributed by atoms with van der Waals surface area (Å²) in [5.74, 6) is 1.27. The van der Waals surface area contributed by atoms with Crippen LogP contribution in [0.3, 0.4) is 0 Å². The molecule has 0 fully saturated rings. The van der Waals surface area contributed by atoms with Crippen LogP contribution in [0.1, 0.15) is 66.8 Å². The van der Waals surface area contributed by atoms with E-state index in [2.05, 4.69) is 65.1 Å². The fourth-order valence-corrected chi connectivity index (χ4v) is 3.68. The van der Waals surface area contributed by atoms with Crippen molar-refractivity contribution >= 4 is 0 Å². The third-order valence-corrected chi connectivity index (χ3v) is 5.16. The zero-order valence-electron chi connectivity index (χ0n) is 15.9. The van der Waals surface area contributed by atoms with Crippen LogP contribution in [0.5, 0.6) is 0 Å². The summed E-state index contributed by atoms with van der Waals surface area (Å²) in [6.45, 7) is 11.0. The molecule has 4 heterocycles. The van der Waals surface area contributed by atoms with Crippen LogP contribution < -0.4 is 0 Å². The number of hydrogen-bond acceptors (Lipinski definition) is 5. The highest BCUT2D eigenvalue weighted by Crippen LogP contribution is 2.35. The molecule has 0 radical (unpaired) electrons. The second kappa shape index (κ2) is 6.72. The maximum Gasteiger partial charge on any atom is 0.151 e. The molecule has 0 saturated carbocycles. The number of aromatic nitrogens is 5. The molecule has 1 aliphatic rings. The summed E-state index contributed by atoms with van der Waals surface area (Å²) in [5, 5.41) is 8.85. The number of aryl methyl sites for hydroxylation is 2. The van der Waals surface area contributed by atoms with Gasteiger partial charge in [0.15, 0.2) is 5.76 Å². The molecular formula is C19H26N6O. The molecule has 0 spiro atoms. The molecule has 1 atom stereocenters. The summed E-state index contributed by atoms with van der Waals surface area (Å²) in [6, 6.07) is 2.15. The van der Waals surface area contributed by atoms with Crippen molar-refractivity contribution in [3.63, 3.8) is 0 Å². The van der Waals surface area contributed by atoms with Gasteiger partial charge in [-0.2, -0.15) is 5.10 Å². The lowest BCUT2D eigenvalue weighted by Gasteiger charge is -2.34. The average Bonchev–Trinajstić information content (AvgIpc) is 3.34. The summed E-state index contributed by atoms with van der Waals surface area (Å²) in [7, 11) is 0. The number of nitrogens with one attached hydrogen (secondary N) is 1. The minimum Gasteiger partial charge on any atom is -0.360 e. The second-order valence-corrected chi connectivity index (χ2v) is 7.29. The van der Waals surface area contributed by atoms with Crippen molar-refractivity contribution in [3.8, 4) is 0 Å². The van der Waals surface area contributed by atoms with Gasteiger partial charge in [-0.15, -0.1) is 0 Å². The van der Waals surface area contributed by atoms with Gasteiger partial charge in [0.1, 0.15) is 0 Å². The SMILES string of the molecule is CCn1cc([C@@H]2c3nc[nH]c3CCN2Cc2cc(C(C)C)no2)c(C)n1. The van der Waals surface area contributed by atoms with E-state index in [9.17, 15) is 0 Å². The molecule has 1 aliphatic heterocycles. The normalized spacial score (nSPS) is 17.8. The van der Waals surface area contributed by atoms with Crippen molar-refractivity contribution in [2.24, 2.45) is 0 Å². The summed E-state index contributed by atoms with van der Waals surface area (Å²) in [6.07, 6.45) is 4.90. The van der Waals surface area contributed by atoms with Crippen LogP contribution in [0.25, 0.3) is 0 Å². The van der Waals surface area contributed by atoms with E-state index in [1.165, 1.54) is 11.3 Å². The fraction of sp³-hybridized carbons (Fsp3) is 0.526. The molecule has 0 aromatic carbocycles. The van der Waals surface area contributed by atoms with E-state index in [1.807, 2.05) is 4.68 Å². The molecule has 0 amide bonds. The second-order valence-electron chi connectivity index (χ2n) is 7.29. The Bertz CT molecular complexity index is 890. The van der Waals surface area contributed by atoms with Crippen molar-refractivity contribution < 1.29 is 4.52 Å². The summed E-state index contributed by atoms with van der Waals surface area (Å²) < 4.78 is 7.59. The van der Waals surface area contributed by atoms with Crippen molar-refractivity contribution in [2.45, 2.75) is 59.2 Å². The molecule has 0 bridgehead atoms. The Kier molecular flexibility index (Phi) is 4.40. The van der Waals surface area contributed by atoms with E-state index in [-0.39, 0.29) is 6.04 Å². The van der Waals surface area contributed by atoms with E-state index < -0.39 is 0 Å². The first-order valence-electron chi connectivity index (χ1n) is 9.32. The first-order chi connectivity index (χ1) is 12.6. The predicted molar refractivity (Wildman–Crippen MR) is 97.8 cm³/mol. The van der Waals surface area contributed by atoms with Gasteiger partial charge in [-0.25, -0.2) is 4.98 Å². The van der Waals surface area contributed by atoms with Crippen LogP contribution >= 0.6 is 0 Å². The van der Waals surface area contributed by atoms with E-state index in [1.54, 1.807) is 6.33 Å². The lowest BCUT2D eigenvalue weighted by atomic mass is 9.96. The monoisotopic (exact) mass is 354 g/mol. The fourth-order valence-electron chi connectivity index (χ4n) is 3.68. The highest BCUT2D eigenvalue weighted by Gasteiger charge is 2.33. The van der Waals surface area contributed by atoms with Crippen LogP contribution in [0.2, 0.25) is 0 Å². The quantitative estimate of drug-likeness (QED) is 0.761. The lowest BCUT2D eigenvalue weighted by Crippen LogP contribution is -2.36. The molecule has 26 heavy (non-hydrogen) atoms. The molecule has 0 saturated heterocycles. The van der Waals surface area contributed by atoms with Gasteiger partial charge in [-0.3, -0.25) is 9.58 Å². The molecule has 0 unspecified atom stereocenters. The third-order valence-electron chi connectivity index (χ3n) is 5.16. The Morgan fingerprint density at radius 1 is 1.38 bits per heavy atom. The van der Waals surface area contributed by atoms with E-state index >= 15 is 0 Å². The van der Waals surface area contributed by atoms with E-state index in [0.717, 1.165) is 42.4 Å². The Balaban J connectivity index is 1.69. The van der Waals surface area contributed by atoms with Crippen molar-refractivity contribution in [2.75, 3.05) is 6.54 Å². The molecular weight excluding hydrogens is 328 g/mol. The lowest BCUT2D eigenvalue weighted by molar-refractivity contribution is 0.177. The topological polar surface area (TPSA) is 75.8 Å². The largest absolute Gasteiger partial charge is 0.360 e. The molecule has 7 heteroatoms. The third kappa shape index (κ3) is 2.96. The number of hydrogen-bond donors (Lipinski definition) is 1. The van der Waals surface area contributed by atoms with Gasteiger partial charge in [0.2, 0.25) is 0 Å². The van der Waals surface area contributed by atoms with Gasteiger partial charge in [0.05, 0.1) is 36.0 Å². The maximum atomic E-state index is 5.60. The van der Waals surface area contributed by atoms with Crippen LogP contribution in [0, 0.1) is 6.92 Å². The standard InChI is InChI=1S/C19H26N6O/c1-5-25-10-15(13(4)22-25)19-18-16(20-11-21-18)6-7-24(19)9-14-8-17(12(2)3)23-26-14/h8,10-12,19H,5-7,9H2,1-4H3,(H,20,21)/t19-/m1/s1. The maximum absolute atomic E-state index is 5.60. The molecule has 0 aliphatic carbocycles. The zero-order chi connectivity index (χ0) is 18.3. The Morgan fingerprint density at radius 3 is 2.92 bits per heavy atom. The van der Waals surface area contributed by atoms with Crippen LogP contribution in [0.4, 0.5) is 0 Å². The molecule has 7 nitrogen and oxygen atoms in total. The number of aromatic amines is 1. The smallest absolute Gasteiger partial charge is 0.151 e. The van der Waals surface area contributed by atoms with Crippen molar-refractivity contribution in [1.29, 1.82) is 0 Å². The van der Waals surface area contributed by atoms with Gasteiger partial charge in [0.25, 0.3) is 0 Å². The van der Waals surface area contributed by atoms with Crippen molar-refractivity contribution in [1.82, 2.24) is 29.8 Å². The predicted octanol–water partition coefficient (Wildman–Crippen LogP) is 3.19. The summed E-state index contributed by atoms with van der Waals surface area (Å²) in [4.78, 5) is 10.4. The number of rotatable bonds is 5. The number of imidazole rings is 1. The average molecular weight is 354 g/mol. The zero-order valence-corrected chi connectivity index (χ0v) is 15.9. The summed E-state index contributed by atoms with van der Waals surface area (Å²) in [5.41, 5.74) is 5.58. The minimum absolute atomic E-state index is 0.0814.